The van der Waals surface area contributed by atoms with E-state index in [1.807, 2.05) is 0 Å². The lowest BCUT2D eigenvalue weighted by atomic mass is 9.50. The summed E-state index contributed by atoms with van der Waals surface area (Å²) in [5.41, 5.74) is 3.45. The maximum Gasteiger partial charge on any atom is 0.184 e. The van der Waals surface area contributed by atoms with Crippen LogP contribution in [0.15, 0.2) is 30.4 Å². The highest BCUT2D eigenvalue weighted by Crippen LogP contribution is 2.70. The highest BCUT2D eigenvalue weighted by atomic mass is 28.4. The fourth-order valence-electron chi connectivity index (χ4n) is 8.24. The minimum Gasteiger partial charge on any atom is -0.497 e. The summed E-state index contributed by atoms with van der Waals surface area (Å²) < 4.78 is 12.7. The van der Waals surface area contributed by atoms with Crippen LogP contribution in [0.3, 0.4) is 0 Å². The Morgan fingerprint density at radius 3 is 2.70 bits per heavy atom. The van der Waals surface area contributed by atoms with E-state index in [1.54, 1.807) is 18.2 Å². The molecule has 0 bridgehead atoms. The van der Waals surface area contributed by atoms with Crippen molar-refractivity contribution < 1.29 is 9.16 Å². The van der Waals surface area contributed by atoms with Gasteiger partial charge in [-0.05, 0) is 105 Å². The van der Waals surface area contributed by atoms with Crippen LogP contribution in [0, 0.1) is 29.1 Å². The Labute approximate surface area is 184 Å². The van der Waals surface area contributed by atoms with E-state index in [2.05, 4.69) is 63.8 Å². The molecule has 4 aliphatic carbocycles. The fourth-order valence-corrected chi connectivity index (χ4v) is 9.72. The molecule has 2 saturated carbocycles. The first-order valence-corrected chi connectivity index (χ1v) is 15.7. The molecule has 164 valence electrons. The molecule has 4 unspecified atom stereocenters. The molecule has 30 heavy (non-hydrogen) atoms. The van der Waals surface area contributed by atoms with Gasteiger partial charge in [-0.15, -0.1) is 0 Å². The van der Waals surface area contributed by atoms with Crippen molar-refractivity contribution in [3.63, 3.8) is 0 Å². The van der Waals surface area contributed by atoms with Crippen molar-refractivity contribution in [3.8, 4) is 5.75 Å². The van der Waals surface area contributed by atoms with Crippen molar-refractivity contribution in [3.05, 3.63) is 41.5 Å². The number of fused-ring (bicyclic) bond motifs is 7. The van der Waals surface area contributed by atoms with Gasteiger partial charge in [0.05, 0.1) is 12.7 Å². The van der Waals surface area contributed by atoms with Crippen LogP contribution in [0.5, 0.6) is 5.75 Å². The normalized spacial score (nSPS) is 41.7. The van der Waals surface area contributed by atoms with Crippen molar-refractivity contribution in [2.75, 3.05) is 7.11 Å². The SMILES string of the molecule is CCC1Cc2cc(OC)ccc2C2CC[C@@]3(C)C(C[C@H]4CC=C[C@]43O[Si](C)(C)C)C12. The van der Waals surface area contributed by atoms with E-state index in [-0.39, 0.29) is 11.0 Å². The number of hydrogen-bond donors (Lipinski definition) is 0. The number of benzene rings is 1. The Kier molecular flexibility index (Phi) is 4.84. The highest BCUT2D eigenvalue weighted by Gasteiger charge is 2.68. The predicted molar refractivity (Wildman–Crippen MR) is 127 cm³/mol. The third kappa shape index (κ3) is 2.84. The molecular weight excluding hydrogens is 384 g/mol. The summed E-state index contributed by atoms with van der Waals surface area (Å²) >= 11 is 0. The van der Waals surface area contributed by atoms with Gasteiger partial charge in [-0.1, -0.05) is 38.5 Å². The van der Waals surface area contributed by atoms with Crippen LogP contribution < -0.4 is 4.74 Å². The lowest BCUT2D eigenvalue weighted by Crippen LogP contribution is -2.56. The molecule has 0 saturated heterocycles. The Morgan fingerprint density at radius 2 is 2.00 bits per heavy atom. The summed E-state index contributed by atoms with van der Waals surface area (Å²) in [5, 5.41) is 0. The van der Waals surface area contributed by atoms with Crippen LogP contribution in [-0.2, 0) is 10.8 Å². The molecule has 0 N–H and O–H groups in total. The monoisotopic (exact) mass is 424 g/mol. The predicted octanol–water partition coefficient (Wildman–Crippen LogP) is 6.96. The Balaban J connectivity index is 1.56. The summed E-state index contributed by atoms with van der Waals surface area (Å²) in [5.74, 6) is 4.79. The van der Waals surface area contributed by atoms with E-state index in [9.17, 15) is 0 Å². The third-order valence-corrected chi connectivity index (χ3v) is 10.3. The lowest BCUT2D eigenvalue weighted by Gasteiger charge is -2.57. The molecule has 0 spiro atoms. The summed E-state index contributed by atoms with van der Waals surface area (Å²) in [4.78, 5) is 0. The van der Waals surface area contributed by atoms with Crippen LogP contribution in [0.25, 0.3) is 0 Å². The third-order valence-electron chi connectivity index (χ3n) is 9.32. The fraction of sp³-hybridized carbons (Fsp3) is 0.704. The van der Waals surface area contributed by atoms with Crippen molar-refractivity contribution in [1.82, 2.24) is 0 Å². The highest BCUT2D eigenvalue weighted by molar-refractivity contribution is 6.69. The van der Waals surface area contributed by atoms with Gasteiger partial charge >= 0.3 is 0 Å². The van der Waals surface area contributed by atoms with E-state index in [0.717, 1.165) is 29.4 Å². The molecule has 0 aromatic heterocycles. The largest absolute Gasteiger partial charge is 0.497 e. The summed E-state index contributed by atoms with van der Waals surface area (Å²) in [6.45, 7) is 12.2. The maximum atomic E-state index is 7.17. The average molecular weight is 425 g/mol. The Hall–Kier alpha value is -1.06. The maximum absolute atomic E-state index is 7.17. The molecule has 1 aromatic carbocycles. The van der Waals surface area contributed by atoms with Crippen LogP contribution >= 0.6 is 0 Å². The van der Waals surface area contributed by atoms with E-state index >= 15 is 0 Å². The first-order chi connectivity index (χ1) is 14.2. The number of allylic oxidation sites excluding steroid dienone is 1. The molecule has 7 atom stereocenters. The van der Waals surface area contributed by atoms with Gasteiger partial charge in [0.15, 0.2) is 8.32 Å². The number of ether oxygens (including phenoxy) is 1. The zero-order valence-electron chi connectivity index (χ0n) is 19.8. The quantitative estimate of drug-likeness (QED) is 0.384. The Morgan fingerprint density at radius 1 is 1.20 bits per heavy atom. The minimum absolute atomic E-state index is 0.00835. The molecule has 0 amide bonds. The van der Waals surface area contributed by atoms with Crippen LogP contribution in [0.4, 0.5) is 0 Å². The van der Waals surface area contributed by atoms with Gasteiger partial charge in [0.2, 0.25) is 0 Å². The van der Waals surface area contributed by atoms with Gasteiger partial charge in [-0.2, -0.15) is 0 Å². The summed E-state index contributed by atoms with van der Waals surface area (Å²) in [6, 6.07) is 6.91. The molecule has 2 nitrogen and oxygen atoms in total. The topological polar surface area (TPSA) is 18.5 Å². The van der Waals surface area contributed by atoms with Gasteiger partial charge in [-0.25, -0.2) is 0 Å². The first kappa shape index (κ1) is 20.8. The molecule has 0 heterocycles. The molecule has 0 radical (unpaired) electrons. The molecule has 0 aliphatic heterocycles. The lowest BCUT2D eigenvalue weighted by molar-refractivity contribution is -0.0792. The minimum atomic E-state index is -1.64. The van der Waals surface area contributed by atoms with Gasteiger partial charge in [0.25, 0.3) is 0 Å². The second kappa shape index (κ2) is 6.97. The number of rotatable bonds is 4. The van der Waals surface area contributed by atoms with Crippen molar-refractivity contribution in [2.45, 2.75) is 83.5 Å². The van der Waals surface area contributed by atoms with Crippen LogP contribution in [-0.4, -0.2) is 21.0 Å². The smallest absolute Gasteiger partial charge is 0.184 e. The first-order valence-electron chi connectivity index (χ1n) is 12.3. The Bertz CT molecular complexity index is 855. The van der Waals surface area contributed by atoms with E-state index in [1.165, 1.54) is 38.5 Å². The van der Waals surface area contributed by atoms with Gasteiger partial charge in [0, 0.05) is 5.41 Å². The van der Waals surface area contributed by atoms with Crippen LogP contribution in [0.1, 0.15) is 63.0 Å². The van der Waals surface area contributed by atoms with E-state index < -0.39 is 8.32 Å². The van der Waals surface area contributed by atoms with Crippen molar-refractivity contribution in [2.24, 2.45) is 29.1 Å². The molecule has 1 aromatic rings. The molecule has 3 heteroatoms. The second-order valence-corrected chi connectivity index (χ2v) is 16.2. The molecule has 4 aliphatic rings. The van der Waals surface area contributed by atoms with Gasteiger partial charge in [0.1, 0.15) is 5.75 Å². The van der Waals surface area contributed by atoms with Gasteiger partial charge in [-0.3, -0.25) is 0 Å². The zero-order valence-corrected chi connectivity index (χ0v) is 20.8. The average Bonchev–Trinajstić information content (AvgIpc) is 3.19. The summed E-state index contributed by atoms with van der Waals surface area (Å²) in [6.07, 6.45) is 12.7. The second-order valence-electron chi connectivity index (χ2n) is 11.8. The van der Waals surface area contributed by atoms with E-state index in [4.69, 9.17) is 9.16 Å². The molecule has 5 rings (SSSR count). The van der Waals surface area contributed by atoms with Gasteiger partial charge < -0.3 is 9.16 Å². The zero-order chi connectivity index (χ0) is 21.3. The molecule has 2 fully saturated rings. The molecular formula is C27H40O2Si. The summed E-state index contributed by atoms with van der Waals surface area (Å²) in [7, 11) is 0.148. The standard InChI is InChI=1S/C27H40O2Si/c1-7-18-15-19-16-21(28-3)10-11-22(19)23-12-14-26(2)24(25(18)23)17-20-9-8-13-27(20,26)29-30(4,5)6/h8,10-11,13,16,18,20,23-25H,7,9,12,14-15,17H2,1-6H3/t18?,20-,23?,24?,25?,26+,27+/m1/s1. The van der Waals surface area contributed by atoms with E-state index in [0.29, 0.717) is 5.92 Å². The van der Waals surface area contributed by atoms with Crippen molar-refractivity contribution >= 4 is 8.32 Å². The van der Waals surface area contributed by atoms with Crippen LogP contribution in [0.2, 0.25) is 19.6 Å². The number of methoxy groups -OCH3 is 1. The number of hydrogen-bond acceptors (Lipinski definition) is 2. The van der Waals surface area contributed by atoms with Crippen molar-refractivity contribution in [1.29, 1.82) is 0 Å².